The zero-order valence-electron chi connectivity index (χ0n) is 15.8. The summed E-state index contributed by atoms with van der Waals surface area (Å²) in [7, 11) is 0. The lowest BCUT2D eigenvalue weighted by Crippen LogP contribution is -2.24. The highest BCUT2D eigenvalue weighted by molar-refractivity contribution is 6.36. The van der Waals surface area contributed by atoms with Crippen molar-refractivity contribution in [3.8, 4) is 11.5 Å². The van der Waals surface area contributed by atoms with Crippen molar-refractivity contribution in [3.63, 3.8) is 0 Å². The van der Waals surface area contributed by atoms with E-state index in [4.69, 9.17) is 44.3 Å². The van der Waals surface area contributed by atoms with Crippen LogP contribution >= 0.6 is 34.8 Å². The number of hydrazone groups is 1. The summed E-state index contributed by atoms with van der Waals surface area (Å²) in [6, 6.07) is 17.9. The van der Waals surface area contributed by atoms with Crippen molar-refractivity contribution in [2.75, 3.05) is 6.61 Å². The van der Waals surface area contributed by atoms with E-state index >= 15 is 0 Å². The van der Waals surface area contributed by atoms with E-state index in [1.165, 1.54) is 18.3 Å². The van der Waals surface area contributed by atoms with Gasteiger partial charge >= 0.3 is 5.97 Å². The summed E-state index contributed by atoms with van der Waals surface area (Å²) in [5, 5.41) is 4.88. The molecule has 31 heavy (non-hydrogen) atoms. The standard InChI is InChI=1S/C22H15Cl3N2O4/c23-15-8-9-17(19(25)11-15)22(29)31-16-5-3-4-14(10-16)12-26-27-21(28)13-30-20-7-2-1-6-18(20)24/h1-12H,13H2,(H,27,28)/b26-12+. The van der Waals surface area contributed by atoms with Gasteiger partial charge in [-0.3, -0.25) is 4.79 Å². The fraction of sp³-hybridized carbons (Fsp3) is 0.0455. The van der Waals surface area contributed by atoms with Crippen molar-refractivity contribution in [1.82, 2.24) is 5.43 Å². The molecule has 0 heterocycles. The van der Waals surface area contributed by atoms with Gasteiger partial charge in [0.05, 0.1) is 21.8 Å². The molecular weight excluding hydrogens is 463 g/mol. The normalized spacial score (nSPS) is 10.7. The lowest BCUT2D eigenvalue weighted by molar-refractivity contribution is -0.123. The molecule has 0 aromatic heterocycles. The maximum atomic E-state index is 12.3. The third-order valence-corrected chi connectivity index (χ3v) is 4.68. The Morgan fingerprint density at radius 2 is 1.74 bits per heavy atom. The molecule has 0 spiro atoms. The minimum absolute atomic E-state index is 0.191. The van der Waals surface area contributed by atoms with Gasteiger partial charge in [0.15, 0.2) is 6.61 Å². The van der Waals surface area contributed by atoms with E-state index in [1.807, 2.05) is 0 Å². The Morgan fingerprint density at radius 3 is 2.52 bits per heavy atom. The molecule has 0 saturated heterocycles. The number of rotatable bonds is 7. The monoisotopic (exact) mass is 476 g/mol. The molecule has 0 aliphatic carbocycles. The molecule has 0 bridgehead atoms. The zero-order chi connectivity index (χ0) is 22.2. The average Bonchev–Trinajstić information content (AvgIpc) is 2.73. The molecule has 6 nitrogen and oxygen atoms in total. The fourth-order valence-electron chi connectivity index (χ4n) is 2.39. The zero-order valence-corrected chi connectivity index (χ0v) is 18.1. The van der Waals surface area contributed by atoms with E-state index in [0.29, 0.717) is 21.4 Å². The van der Waals surface area contributed by atoms with Crippen molar-refractivity contribution in [2.45, 2.75) is 0 Å². The average molecular weight is 478 g/mol. The van der Waals surface area contributed by atoms with Gasteiger partial charge in [0, 0.05) is 5.02 Å². The van der Waals surface area contributed by atoms with Crippen LogP contribution in [0.3, 0.4) is 0 Å². The molecule has 0 unspecified atom stereocenters. The number of para-hydroxylation sites is 1. The van der Waals surface area contributed by atoms with Gasteiger partial charge in [-0.1, -0.05) is 59.1 Å². The van der Waals surface area contributed by atoms with E-state index in [0.717, 1.165) is 0 Å². The highest BCUT2D eigenvalue weighted by Crippen LogP contribution is 2.24. The van der Waals surface area contributed by atoms with Crippen molar-refractivity contribution in [3.05, 3.63) is 92.9 Å². The van der Waals surface area contributed by atoms with Crippen molar-refractivity contribution in [2.24, 2.45) is 5.10 Å². The fourth-order valence-corrected chi connectivity index (χ4v) is 3.07. The van der Waals surface area contributed by atoms with E-state index in [2.05, 4.69) is 10.5 Å². The van der Waals surface area contributed by atoms with E-state index in [1.54, 1.807) is 54.6 Å². The topological polar surface area (TPSA) is 77.0 Å². The van der Waals surface area contributed by atoms with E-state index in [9.17, 15) is 9.59 Å². The second kappa shape index (κ2) is 10.8. The predicted octanol–water partition coefficient (Wildman–Crippen LogP) is 5.40. The smallest absolute Gasteiger partial charge is 0.345 e. The van der Waals surface area contributed by atoms with Gasteiger partial charge in [-0.25, -0.2) is 10.2 Å². The summed E-state index contributed by atoms with van der Waals surface area (Å²) < 4.78 is 10.7. The maximum Gasteiger partial charge on any atom is 0.345 e. The van der Waals surface area contributed by atoms with Crippen molar-refractivity contribution in [1.29, 1.82) is 0 Å². The SMILES string of the molecule is O=C(COc1ccccc1Cl)N/N=C/c1cccc(OC(=O)c2ccc(Cl)cc2Cl)c1. The Balaban J connectivity index is 1.55. The van der Waals surface area contributed by atoms with Crippen LogP contribution in [-0.4, -0.2) is 24.7 Å². The Hall–Kier alpha value is -3.06. The first-order valence-electron chi connectivity index (χ1n) is 8.89. The molecular formula is C22H15Cl3N2O4. The van der Waals surface area contributed by atoms with Crippen LogP contribution in [0.1, 0.15) is 15.9 Å². The molecule has 1 N–H and O–H groups in total. The number of amides is 1. The first kappa shape index (κ1) is 22.6. The Bertz CT molecular complexity index is 1140. The summed E-state index contributed by atoms with van der Waals surface area (Å²) in [5.41, 5.74) is 3.13. The van der Waals surface area contributed by atoms with Crippen LogP contribution < -0.4 is 14.9 Å². The van der Waals surface area contributed by atoms with Gasteiger partial charge in [-0.2, -0.15) is 5.10 Å². The first-order valence-corrected chi connectivity index (χ1v) is 10.0. The number of halogens is 3. The molecule has 1 amide bonds. The van der Waals surface area contributed by atoms with Crippen LogP contribution in [0.4, 0.5) is 0 Å². The molecule has 3 aromatic rings. The number of carbonyl (C=O) groups is 2. The van der Waals surface area contributed by atoms with Crippen LogP contribution in [0.5, 0.6) is 11.5 Å². The summed E-state index contributed by atoms with van der Waals surface area (Å²) in [4.78, 5) is 24.2. The molecule has 0 aliphatic rings. The number of ether oxygens (including phenoxy) is 2. The van der Waals surface area contributed by atoms with Gasteiger partial charge in [-0.15, -0.1) is 0 Å². The predicted molar refractivity (Wildman–Crippen MR) is 121 cm³/mol. The molecule has 0 radical (unpaired) electrons. The number of hydrogen-bond acceptors (Lipinski definition) is 5. The Morgan fingerprint density at radius 1 is 0.935 bits per heavy atom. The second-order valence-electron chi connectivity index (χ2n) is 6.10. The lowest BCUT2D eigenvalue weighted by Gasteiger charge is -2.07. The van der Waals surface area contributed by atoms with Crippen molar-refractivity contribution < 1.29 is 19.1 Å². The van der Waals surface area contributed by atoms with Crippen molar-refractivity contribution >= 4 is 52.9 Å². The van der Waals surface area contributed by atoms with E-state index < -0.39 is 11.9 Å². The quantitative estimate of drug-likeness (QED) is 0.214. The number of carbonyl (C=O) groups excluding carboxylic acids is 2. The minimum Gasteiger partial charge on any atom is -0.482 e. The third-order valence-electron chi connectivity index (χ3n) is 3.82. The van der Waals surface area contributed by atoms with Gasteiger partial charge < -0.3 is 9.47 Å². The van der Waals surface area contributed by atoms with Crippen LogP contribution in [0, 0.1) is 0 Å². The third kappa shape index (κ3) is 6.72. The van der Waals surface area contributed by atoms with Gasteiger partial charge in [0.1, 0.15) is 11.5 Å². The maximum absolute atomic E-state index is 12.3. The van der Waals surface area contributed by atoms with Gasteiger partial charge in [0.2, 0.25) is 0 Å². The number of nitrogens with zero attached hydrogens (tertiary/aromatic N) is 1. The first-order chi connectivity index (χ1) is 14.9. The molecule has 3 rings (SSSR count). The molecule has 0 fully saturated rings. The molecule has 9 heteroatoms. The van der Waals surface area contributed by atoms with Crippen LogP contribution in [0.25, 0.3) is 0 Å². The van der Waals surface area contributed by atoms with Crippen LogP contribution in [0.15, 0.2) is 71.8 Å². The highest BCUT2D eigenvalue weighted by Gasteiger charge is 2.13. The van der Waals surface area contributed by atoms with Crippen LogP contribution in [0.2, 0.25) is 15.1 Å². The summed E-state index contributed by atoms with van der Waals surface area (Å²) >= 11 is 17.8. The Kier molecular flexibility index (Phi) is 7.89. The van der Waals surface area contributed by atoms with Gasteiger partial charge in [-0.05, 0) is 48.0 Å². The molecule has 0 aliphatic heterocycles. The second-order valence-corrected chi connectivity index (χ2v) is 7.35. The molecule has 0 atom stereocenters. The number of esters is 1. The van der Waals surface area contributed by atoms with E-state index in [-0.39, 0.29) is 22.9 Å². The molecule has 3 aromatic carbocycles. The largest absolute Gasteiger partial charge is 0.482 e. The number of hydrogen-bond donors (Lipinski definition) is 1. The summed E-state index contributed by atoms with van der Waals surface area (Å²) in [6.07, 6.45) is 1.40. The lowest BCUT2D eigenvalue weighted by atomic mass is 10.2. The Labute approximate surface area is 193 Å². The molecule has 158 valence electrons. The van der Waals surface area contributed by atoms with Gasteiger partial charge in [0.25, 0.3) is 5.91 Å². The number of benzene rings is 3. The van der Waals surface area contributed by atoms with Crippen LogP contribution in [-0.2, 0) is 4.79 Å². The highest BCUT2D eigenvalue weighted by atomic mass is 35.5. The summed E-state index contributed by atoms with van der Waals surface area (Å²) in [6.45, 7) is -0.249. The summed E-state index contributed by atoms with van der Waals surface area (Å²) in [5.74, 6) is -0.399. The minimum atomic E-state index is -0.624. The molecule has 0 saturated carbocycles. The number of nitrogens with one attached hydrogen (secondary N) is 1.